The molecule has 1 amide bonds. The van der Waals surface area contributed by atoms with Crippen molar-refractivity contribution in [1.29, 1.82) is 0 Å². The van der Waals surface area contributed by atoms with E-state index in [1.54, 1.807) is 4.90 Å². The molecule has 2 N–H and O–H groups in total. The molecule has 1 fully saturated rings. The number of likely N-dealkylation sites (tertiary alicyclic amines) is 1. The largest absolute Gasteiger partial charge is 0.491 e. The van der Waals surface area contributed by atoms with Crippen LogP contribution in [0.5, 0.6) is 5.75 Å². The fraction of sp³-hybridized carbons (Fsp3) is 0.579. The number of halogens is 3. The number of aliphatic imine (C=N–C) groups is 1. The van der Waals surface area contributed by atoms with Gasteiger partial charge in [0.15, 0.2) is 5.96 Å². The predicted molar refractivity (Wildman–Crippen MR) is 103 cm³/mol. The Kier molecular flexibility index (Phi) is 8.41. The van der Waals surface area contributed by atoms with Crippen LogP contribution in [0.4, 0.5) is 18.0 Å². The van der Waals surface area contributed by atoms with Gasteiger partial charge in [0.25, 0.3) is 0 Å². The van der Waals surface area contributed by atoms with Crippen molar-refractivity contribution in [3.63, 3.8) is 0 Å². The second kappa shape index (κ2) is 10.8. The molecule has 162 valence electrons. The number of guanidine groups is 1. The van der Waals surface area contributed by atoms with Crippen LogP contribution in [0, 0.1) is 0 Å². The van der Waals surface area contributed by atoms with Gasteiger partial charge in [-0.25, -0.2) is 9.79 Å². The maximum atomic E-state index is 13.0. The number of methoxy groups -OCH3 is 1. The van der Waals surface area contributed by atoms with Crippen LogP contribution in [0.2, 0.25) is 0 Å². The van der Waals surface area contributed by atoms with E-state index < -0.39 is 11.7 Å². The molecule has 1 aromatic carbocycles. The first-order valence-electron chi connectivity index (χ1n) is 9.52. The van der Waals surface area contributed by atoms with Gasteiger partial charge in [-0.05, 0) is 31.9 Å². The van der Waals surface area contributed by atoms with E-state index in [2.05, 4.69) is 15.6 Å². The molecule has 1 aromatic rings. The van der Waals surface area contributed by atoms with Gasteiger partial charge in [0, 0.05) is 25.7 Å². The Hall–Kier alpha value is -2.65. The molecular weight excluding hydrogens is 389 g/mol. The standard InChI is InChI=1S/C19H27F3N4O3/c1-3-23-17(25-14-8-11-26(12-9-14)18(27)28-2)24-10-13-29-16-7-5-4-6-15(16)19(20,21)22/h4-7,14H,3,8-13H2,1-2H3,(H2,23,24,25). The van der Waals surface area contributed by atoms with Gasteiger partial charge >= 0.3 is 12.3 Å². The second-order valence-corrected chi connectivity index (χ2v) is 6.48. The number of ether oxygens (including phenoxy) is 2. The summed E-state index contributed by atoms with van der Waals surface area (Å²) in [4.78, 5) is 17.6. The molecule has 1 heterocycles. The van der Waals surface area contributed by atoms with E-state index in [1.807, 2.05) is 6.92 Å². The first-order valence-corrected chi connectivity index (χ1v) is 9.52. The average Bonchev–Trinajstić information content (AvgIpc) is 2.71. The zero-order chi connectivity index (χ0) is 21.3. The Labute approximate surface area is 168 Å². The van der Waals surface area contributed by atoms with Crippen molar-refractivity contribution in [2.75, 3.05) is 39.9 Å². The van der Waals surface area contributed by atoms with Crippen LogP contribution in [0.15, 0.2) is 29.3 Å². The normalized spacial score (nSPS) is 15.8. The van der Waals surface area contributed by atoms with Crippen molar-refractivity contribution in [2.45, 2.75) is 32.0 Å². The molecular formula is C19H27F3N4O3. The third kappa shape index (κ3) is 7.03. The molecule has 0 unspecified atom stereocenters. The number of nitrogens with zero attached hydrogens (tertiary/aromatic N) is 2. The van der Waals surface area contributed by atoms with Gasteiger partial charge in [0.2, 0.25) is 0 Å². The summed E-state index contributed by atoms with van der Waals surface area (Å²) in [6.07, 6.45) is -3.31. The Bertz CT molecular complexity index is 690. The molecule has 1 aliphatic rings. The highest BCUT2D eigenvalue weighted by molar-refractivity contribution is 5.80. The van der Waals surface area contributed by atoms with Gasteiger partial charge < -0.3 is 25.0 Å². The van der Waals surface area contributed by atoms with E-state index in [1.165, 1.54) is 25.3 Å². The van der Waals surface area contributed by atoms with Crippen molar-refractivity contribution in [1.82, 2.24) is 15.5 Å². The number of piperidine rings is 1. The van der Waals surface area contributed by atoms with Crippen LogP contribution in [0.25, 0.3) is 0 Å². The van der Waals surface area contributed by atoms with Crippen LogP contribution >= 0.6 is 0 Å². The molecule has 1 aliphatic heterocycles. The van der Waals surface area contributed by atoms with Crippen molar-refractivity contribution in [2.24, 2.45) is 4.99 Å². The summed E-state index contributed by atoms with van der Waals surface area (Å²) in [5, 5.41) is 6.40. The van der Waals surface area contributed by atoms with Crippen LogP contribution in [-0.2, 0) is 10.9 Å². The molecule has 0 saturated carbocycles. The first-order chi connectivity index (χ1) is 13.8. The van der Waals surface area contributed by atoms with Crippen molar-refractivity contribution in [3.8, 4) is 5.75 Å². The summed E-state index contributed by atoms with van der Waals surface area (Å²) in [5.74, 6) is 0.361. The van der Waals surface area contributed by atoms with Crippen LogP contribution in [-0.4, -0.2) is 62.9 Å². The minimum atomic E-state index is -4.46. The fourth-order valence-corrected chi connectivity index (χ4v) is 2.99. The van der Waals surface area contributed by atoms with E-state index in [9.17, 15) is 18.0 Å². The topological polar surface area (TPSA) is 75.2 Å². The fourth-order valence-electron chi connectivity index (χ4n) is 2.99. The molecule has 2 rings (SSSR count). The minimum Gasteiger partial charge on any atom is -0.491 e. The Morgan fingerprint density at radius 3 is 2.59 bits per heavy atom. The number of para-hydroxylation sites is 1. The lowest BCUT2D eigenvalue weighted by Gasteiger charge is -2.32. The number of amides is 1. The summed E-state index contributed by atoms with van der Waals surface area (Å²) >= 11 is 0. The Morgan fingerprint density at radius 2 is 1.97 bits per heavy atom. The predicted octanol–water partition coefficient (Wildman–Crippen LogP) is 2.87. The zero-order valence-corrected chi connectivity index (χ0v) is 16.6. The summed E-state index contributed by atoms with van der Waals surface area (Å²) in [7, 11) is 1.36. The molecule has 0 aliphatic carbocycles. The molecule has 1 saturated heterocycles. The van der Waals surface area contributed by atoms with Crippen LogP contribution in [0.1, 0.15) is 25.3 Å². The van der Waals surface area contributed by atoms with Gasteiger partial charge in [-0.15, -0.1) is 0 Å². The monoisotopic (exact) mass is 416 g/mol. The Balaban J connectivity index is 1.85. The van der Waals surface area contributed by atoms with Crippen molar-refractivity contribution in [3.05, 3.63) is 29.8 Å². The van der Waals surface area contributed by atoms with Crippen LogP contribution < -0.4 is 15.4 Å². The van der Waals surface area contributed by atoms with Crippen molar-refractivity contribution < 1.29 is 27.4 Å². The SMILES string of the molecule is CCNC(=NCCOc1ccccc1C(F)(F)F)NC1CCN(C(=O)OC)CC1. The van der Waals surface area contributed by atoms with E-state index >= 15 is 0 Å². The summed E-state index contributed by atoms with van der Waals surface area (Å²) in [5.41, 5.74) is -0.800. The van der Waals surface area contributed by atoms with Gasteiger partial charge in [-0.3, -0.25) is 0 Å². The van der Waals surface area contributed by atoms with Gasteiger partial charge in [-0.2, -0.15) is 13.2 Å². The molecule has 10 heteroatoms. The molecule has 7 nitrogen and oxygen atoms in total. The number of carbonyl (C=O) groups is 1. The highest BCUT2D eigenvalue weighted by atomic mass is 19.4. The van der Waals surface area contributed by atoms with E-state index in [4.69, 9.17) is 9.47 Å². The van der Waals surface area contributed by atoms with Crippen LogP contribution in [0.3, 0.4) is 0 Å². The number of hydrogen-bond acceptors (Lipinski definition) is 4. The summed E-state index contributed by atoms with van der Waals surface area (Å²) < 4.78 is 49.0. The maximum absolute atomic E-state index is 13.0. The number of hydrogen-bond donors (Lipinski definition) is 2. The third-order valence-corrected chi connectivity index (χ3v) is 4.42. The Morgan fingerprint density at radius 1 is 1.28 bits per heavy atom. The zero-order valence-electron chi connectivity index (χ0n) is 16.6. The van der Waals surface area contributed by atoms with Gasteiger partial charge in [0.05, 0.1) is 19.2 Å². The number of benzene rings is 1. The molecule has 0 atom stereocenters. The molecule has 0 bridgehead atoms. The minimum absolute atomic E-state index is 0.0183. The number of alkyl halides is 3. The maximum Gasteiger partial charge on any atom is 0.419 e. The molecule has 0 aromatic heterocycles. The quantitative estimate of drug-likeness (QED) is 0.424. The van der Waals surface area contributed by atoms with E-state index in [-0.39, 0.29) is 31.0 Å². The molecule has 0 radical (unpaired) electrons. The summed E-state index contributed by atoms with van der Waals surface area (Å²) in [6, 6.07) is 5.25. The number of carbonyl (C=O) groups excluding carboxylic acids is 1. The first kappa shape index (κ1) is 22.6. The number of nitrogens with one attached hydrogen (secondary N) is 2. The highest BCUT2D eigenvalue weighted by Crippen LogP contribution is 2.35. The average molecular weight is 416 g/mol. The highest BCUT2D eigenvalue weighted by Gasteiger charge is 2.34. The molecule has 29 heavy (non-hydrogen) atoms. The lowest BCUT2D eigenvalue weighted by molar-refractivity contribution is -0.138. The van der Waals surface area contributed by atoms with Gasteiger partial charge in [0.1, 0.15) is 12.4 Å². The smallest absolute Gasteiger partial charge is 0.419 e. The molecule has 0 spiro atoms. The van der Waals surface area contributed by atoms with E-state index in [0.29, 0.717) is 25.6 Å². The lowest BCUT2D eigenvalue weighted by Crippen LogP contribution is -2.49. The summed E-state index contributed by atoms with van der Waals surface area (Å²) in [6.45, 7) is 3.95. The second-order valence-electron chi connectivity index (χ2n) is 6.48. The van der Waals surface area contributed by atoms with Crippen molar-refractivity contribution >= 4 is 12.1 Å². The third-order valence-electron chi connectivity index (χ3n) is 4.42. The lowest BCUT2D eigenvalue weighted by atomic mass is 10.1. The van der Waals surface area contributed by atoms with Gasteiger partial charge in [-0.1, -0.05) is 12.1 Å². The number of rotatable bonds is 6. The van der Waals surface area contributed by atoms with E-state index in [0.717, 1.165) is 18.9 Å².